The largest absolute Gasteiger partial charge is 0.381 e. The number of piperazine rings is 1. The third kappa shape index (κ3) is 1.95. The van der Waals surface area contributed by atoms with E-state index in [2.05, 4.69) is 24.5 Å². The first-order valence-electron chi connectivity index (χ1n) is 5.75. The van der Waals surface area contributed by atoms with Crippen LogP contribution in [0.2, 0.25) is 0 Å². The van der Waals surface area contributed by atoms with Crippen molar-refractivity contribution in [2.24, 2.45) is 0 Å². The second-order valence-corrected chi connectivity index (χ2v) is 4.79. The first-order valence-corrected chi connectivity index (χ1v) is 5.75. The van der Waals surface area contributed by atoms with Gasteiger partial charge in [-0.15, -0.1) is 0 Å². The number of methoxy groups -OCH3 is 1. The van der Waals surface area contributed by atoms with Gasteiger partial charge >= 0.3 is 0 Å². The Morgan fingerprint density at radius 2 is 1.64 bits per heavy atom. The Bertz CT molecular complexity index is 194. The summed E-state index contributed by atoms with van der Waals surface area (Å²) in [4.78, 5) is 0. The summed E-state index contributed by atoms with van der Waals surface area (Å²) in [5.41, 5.74) is 0. The maximum Gasteiger partial charge on any atom is 0.0587 e. The lowest BCUT2D eigenvalue weighted by Gasteiger charge is -2.45. The molecule has 2 N–H and O–H groups in total. The highest BCUT2D eigenvalue weighted by molar-refractivity contribution is 4.98. The molecule has 0 aromatic heterocycles. The van der Waals surface area contributed by atoms with E-state index in [4.69, 9.17) is 4.74 Å². The van der Waals surface area contributed by atoms with Crippen LogP contribution in [0.5, 0.6) is 0 Å². The van der Waals surface area contributed by atoms with Gasteiger partial charge in [-0.25, -0.2) is 0 Å². The lowest BCUT2D eigenvalue weighted by atomic mass is 9.84. The van der Waals surface area contributed by atoms with Crippen LogP contribution in [0.1, 0.15) is 33.1 Å². The molecule has 0 bridgehead atoms. The van der Waals surface area contributed by atoms with Crippen LogP contribution >= 0.6 is 0 Å². The van der Waals surface area contributed by atoms with Gasteiger partial charge in [-0.1, -0.05) is 0 Å². The van der Waals surface area contributed by atoms with Gasteiger partial charge < -0.3 is 15.4 Å². The molecular formula is C11H22N2O. The van der Waals surface area contributed by atoms with Crippen LogP contribution in [0.4, 0.5) is 0 Å². The van der Waals surface area contributed by atoms with Crippen molar-refractivity contribution >= 4 is 0 Å². The van der Waals surface area contributed by atoms with E-state index in [9.17, 15) is 0 Å². The van der Waals surface area contributed by atoms with E-state index in [1.807, 2.05) is 7.11 Å². The molecule has 2 fully saturated rings. The van der Waals surface area contributed by atoms with Crippen LogP contribution in [-0.2, 0) is 4.74 Å². The molecule has 1 saturated carbocycles. The molecule has 1 aliphatic heterocycles. The minimum atomic E-state index is 0.464. The Labute approximate surface area is 86.6 Å². The van der Waals surface area contributed by atoms with Crippen LogP contribution in [0.15, 0.2) is 0 Å². The summed E-state index contributed by atoms with van der Waals surface area (Å²) in [5, 5.41) is 7.38. The molecule has 0 amide bonds. The van der Waals surface area contributed by atoms with Crippen molar-refractivity contribution in [1.29, 1.82) is 0 Å². The Kier molecular flexibility index (Phi) is 3.10. The summed E-state index contributed by atoms with van der Waals surface area (Å²) in [7, 11) is 1.83. The monoisotopic (exact) mass is 198 g/mol. The topological polar surface area (TPSA) is 33.3 Å². The molecule has 0 spiro atoms. The summed E-state index contributed by atoms with van der Waals surface area (Å²) in [6.45, 7) is 4.51. The van der Waals surface area contributed by atoms with Crippen molar-refractivity contribution in [1.82, 2.24) is 10.6 Å². The first-order chi connectivity index (χ1) is 6.70. The van der Waals surface area contributed by atoms with Crippen LogP contribution in [0.25, 0.3) is 0 Å². The van der Waals surface area contributed by atoms with Gasteiger partial charge in [0, 0.05) is 31.3 Å². The van der Waals surface area contributed by atoms with Gasteiger partial charge in [0.25, 0.3) is 0 Å². The van der Waals surface area contributed by atoms with Crippen molar-refractivity contribution in [3.8, 4) is 0 Å². The fourth-order valence-corrected chi connectivity index (χ4v) is 2.69. The fourth-order valence-electron chi connectivity index (χ4n) is 2.69. The van der Waals surface area contributed by atoms with Crippen molar-refractivity contribution in [3.05, 3.63) is 0 Å². The number of hydrogen-bond acceptors (Lipinski definition) is 3. The van der Waals surface area contributed by atoms with Crippen molar-refractivity contribution in [2.45, 2.75) is 63.4 Å². The molecule has 0 radical (unpaired) electrons. The van der Waals surface area contributed by atoms with Crippen molar-refractivity contribution in [2.75, 3.05) is 7.11 Å². The summed E-state index contributed by atoms with van der Waals surface area (Å²) in [6.07, 6.45) is 4.07. The Morgan fingerprint density at radius 1 is 1.00 bits per heavy atom. The summed E-state index contributed by atoms with van der Waals surface area (Å²) in [5.74, 6) is 0. The standard InChI is InChI=1S/C11H22N2O/c1-7-8(2)13-11-6-9(14-3)4-5-10(11)12-7/h7-13H,4-6H2,1-3H3/t7-,8-,9+,10-,11+/m0/s1. The molecule has 14 heavy (non-hydrogen) atoms. The van der Waals surface area contributed by atoms with Gasteiger partial charge in [0.2, 0.25) is 0 Å². The smallest absolute Gasteiger partial charge is 0.0587 e. The molecular weight excluding hydrogens is 176 g/mol. The van der Waals surface area contributed by atoms with Crippen molar-refractivity contribution < 1.29 is 4.74 Å². The Balaban J connectivity index is 1.95. The second-order valence-electron chi connectivity index (χ2n) is 4.79. The average Bonchev–Trinajstić information content (AvgIpc) is 2.19. The molecule has 1 saturated heterocycles. The van der Waals surface area contributed by atoms with E-state index in [1.54, 1.807) is 0 Å². The third-order valence-electron chi connectivity index (χ3n) is 3.84. The maximum absolute atomic E-state index is 5.43. The zero-order valence-electron chi connectivity index (χ0n) is 9.42. The summed E-state index contributed by atoms with van der Waals surface area (Å²) < 4.78 is 5.43. The van der Waals surface area contributed by atoms with Crippen LogP contribution in [0, 0.1) is 0 Å². The van der Waals surface area contributed by atoms with Crippen LogP contribution in [-0.4, -0.2) is 37.4 Å². The number of hydrogen-bond donors (Lipinski definition) is 2. The third-order valence-corrected chi connectivity index (χ3v) is 3.84. The highest BCUT2D eigenvalue weighted by Gasteiger charge is 2.36. The Morgan fingerprint density at radius 3 is 2.29 bits per heavy atom. The minimum Gasteiger partial charge on any atom is -0.381 e. The minimum absolute atomic E-state index is 0.464. The highest BCUT2D eigenvalue weighted by atomic mass is 16.5. The molecule has 0 unspecified atom stereocenters. The van der Waals surface area contributed by atoms with Crippen LogP contribution in [0.3, 0.4) is 0 Å². The summed E-state index contributed by atoms with van der Waals surface area (Å²) >= 11 is 0. The van der Waals surface area contributed by atoms with Gasteiger partial charge in [0.1, 0.15) is 0 Å². The SMILES string of the molecule is CO[C@@H]1CC[C@@H]2N[C@@H](C)[C@H](C)N[C@@H]2C1. The molecule has 0 aromatic carbocycles. The maximum atomic E-state index is 5.43. The zero-order chi connectivity index (χ0) is 10.1. The lowest BCUT2D eigenvalue weighted by molar-refractivity contribution is 0.0335. The Hall–Kier alpha value is -0.120. The van der Waals surface area contributed by atoms with E-state index < -0.39 is 0 Å². The van der Waals surface area contributed by atoms with Gasteiger partial charge in [0.05, 0.1) is 6.10 Å². The predicted octanol–water partition coefficient (Wildman–Crippen LogP) is 0.892. The first kappa shape index (κ1) is 10.4. The number of fused-ring (bicyclic) bond motifs is 1. The quantitative estimate of drug-likeness (QED) is 0.656. The summed E-state index contributed by atoms with van der Waals surface area (Å²) in [6, 6.07) is 2.44. The molecule has 2 aliphatic rings. The molecule has 1 heterocycles. The number of ether oxygens (including phenoxy) is 1. The number of nitrogens with one attached hydrogen (secondary N) is 2. The molecule has 5 atom stereocenters. The van der Waals surface area contributed by atoms with Crippen molar-refractivity contribution in [3.63, 3.8) is 0 Å². The van der Waals surface area contributed by atoms with E-state index in [0.29, 0.717) is 30.3 Å². The zero-order valence-corrected chi connectivity index (χ0v) is 9.42. The normalized spacial score (nSPS) is 48.6. The molecule has 3 heteroatoms. The fraction of sp³-hybridized carbons (Fsp3) is 1.00. The molecule has 2 rings (SSSR count). The van der Waals surface area contributed by atoms with Gasteiger partial charge in [-0.05, 0) is 33.1 Å². The van der Waals surface area contributed by atoms with E-state index in [1.165, 1.54) is 12.8 Å². The van der Waals surface area contributed by atoms with Gasteiger partial charge in [0.15, 0.2) is 0 Å². The van der Waals surface area contributed by atoms with Crippen LogP contribution < -0.4 is 10.6 Å². The second kappa shape index (κ2) is 4.17. The highest BCUT2D eigenvalue weighted by Crippen LogP contribution is 2.24. The molecule has 3 nitrogen and oxygen atoms in total. The predicted molar refractivity (Wildman–Crippen MR) is 57.4 cm³/mol. The average molecular weight is 198 g/mol. The van der Waals surface area contributed by atoms with E-state index >= 15 is 0 Å². The van der Waals surface area contributed by atoms with E-state index in [-0.39, 0.29) is 0 Å². The molecule has 82 valence electrons. The number of rotatable bonds is 1. The van der Waals surface area contributed by atoms with E-state index in [0.717, 1.165) is 6.42 Å². The van der Waals surface area contributed by atoms with Gasteiger partial charge in [-0.2, -0.15) is 0 Å². The molecule has 0 aromatic rings. The lowest BCUT2D eigenvalue weighted by Crippen LogP contribution is -2.66. The molecule has 1 aliphatic carbocycles. The van der Waals surface area contributed by atoms with Gasteiger partial charge in [-0.3, -0.25) is 0 Å².